The van der Waals surface area contributed by atoms with Crippen LogP contribution in [0.5, 0.6) is 0 Å². The van der Waals surface area contributed by atoms with Crippen LogP contribution in [-0.4, -0.2) is 61.8 Å². The van der Waals surface area contributed by atoms with Crippen LogP contribution in [-0.2, 0) is 0 Å². The maximum Gasteiger partial charge on any atom is 0.267 e. The minimum atomic E-state index is 0.00475. The normalized spacial score (nSPS) is 14.3. The molecule has 1 N–H and O–H groups in total. The highest BCUT2D eigenvalue weighted by Gasteiger charge is 2.25. The van der Waals surface area contributed by atoms with Crippen LogP contribution in [0.1, 0.15) is 15.4 Å². The lowest BCUT2D eigenvalue weighted by Crippen LogP contribution is -2.49. The van der Waals surface area contributed by atoms with Gasteiger partial charge in [0.1, 0.15) is 4.88 Å². The molecule has 3 aromatic rings. The molecule has 0 bridgehead atoms. The Kier molecular flexibility index (Phi) is 4.88. The van der Waals surface area contributed by atoms with Crippen LogP contribution in [0.15, 0.2) is 36.7 Å². The Hall–Kier alpha value is -3.14. The lowest BCUT2D eigenvalue weighted by molar-refractivity contribution is 0.0750. The fourth-order valence-electron chi connectivity index (χ4n) is 2.85. The third-order valence-corrected chi connectivity index (χ3v) is 5.16. The highest BCUT2D eigenvalue weighted by molar-refractivity contribution is 7.07. The second kappa shape index (κ2) is 7.62. The molecule has 27 heavy (non-hydrogen) atoms. The molecule has 0 aromatic carbocycles. The van der Waals surface area contributed by atoms with E-state index < -0.39 is 0 Å². The van der Waals surface area contributed by atoms with Crippen molar-refractivity contribution in [3.8, 4) is 0 Å². The van der Waals surface area contributed by atoms with E-state index in [2.05, 4.69) is 35.0 Å². The third kappa shape index (κ3) is 3.85. The van der Waals surface area contributed by atoms with Gasteiger partial charge in [-0.25, -0.2) is 0 Å². The average molecular weight is 382 g/mol. The number of amides is 1. The average Bonchev–Trinajstić information content (AvgIpc) is 3.15. The van der Waals surface area contributed by atoms with Crippen LogP contribution < -0.4 is 10.2 Å². The van der Waals surface area contributed by atoms with Crippen molar-refractivity contribution in [2.45, 2.75) is 6.92 Å². The topological polar surface area (TPSA) is 100 Å². The number of piperazine rings is 1. The lowest BCUT2D eigenvalue weighted by Gasteiger charge is -2.34. The maximum absolute atomic E-state index is 12.5. The van der Waals surface area contributed by atoms with Crippen molar-refractivity contribution in [3.05, 3.63) is 47.2 Å². The first-order valence-corrected chi connectivity index (χ1v) is 9.32. The standard InChI is InChI=1S/C17H18N8OS/c1-12-16(27-23-20-12)17(26)25-10-8-24(9-11-25)15-3-2-14(21-22-15)19-13-4-6-18-7-5-13/h2-7H,8-11H2,1H3,(H,18,19,21). The molecule has 9 nitrogen and oxygen atoms in total. The zero-order valence-corrected chi connectivity index (χ0v) is 15.6. The molecule has 0 saturated carbocycles. The van der Waals surface area contributed by atoms with E-state index in [-0.39, 0.29) is 5.91 Å². The van der Waals surface area contributed by atoms with Crippen LogP contribution in [0.3, 0.4) is 0 Å². The zero-order valence-electron chi connectivity index (χ0n) is 14.7. The summed E-state index contributed by atoms with van der Waals surface area (Å²) in [5, 5.41) is 15.6. The highest BCUT2D eigenvalue weighted by atomic mass is 32.1. The van der Waals surface area contributed by atoms with Gasteiger partial charge in [0.15, 0.2) is 11.6 Å². The predicted octanol–water partition coefficient (Wildman–Crippen LogP) is 1.74. The molecule has 1 aliphatic heterocycles. The number of carbonyl (C=O) groups is 1. The SMILES string of the molecule is Cc1nnsc1C(=O)N1CCN(c2ccc(Nc3ccncc3)nn2)CC1. The molecular formula is C17H18N8OS. The molecule has 1 saturated heterocycles. The summed E-state index contributed by atoms with van der Waals surface area (Å²) in [5.74, 6) is 1.48. The Morgan fingerprint density at radius 3 is 2.44 bits per heavy atom. The Labute approximate surface area is 160 Å². The highest BCUT2D eigenvalue weighted by Crippen LogP contribution is 2.19. The number of carbonyl (C=O) groups excluding carboxylic acids is 1. The predicted molar refractivity (Wildman–Crippen MR) is 102 cm³/mol. The van der Waals surface area contributed by atoms with Gasteiger partial charge in [-0.15, -0.1) is 15.3 Å². The first-order chi connectivity index (χ1) is 13.2. The quantitative estimate of drug-likeness (QED) is 0.728. The molecule has 0 aliphatic carbocycles. The molecule has 0 atom stereocenters. The molecule has 1 aliphatic rings. The maximum atomic E-state index is 12.5. The number of anilines is 3. The molecule has 0 spiro atoms. The smallest absolute Gasteiger partial charge is 0.267 e. The summed E-state index contributed by atoms with van der Waals surface area (Å²) < 4.78 is 3.84. The summed E-state index contributed by atoms with van der Waals surface area (Å²) in [6.07, 6.45) is 3.43. The Morgan fingerprint density at radius 2 is 1.81 bits per heavy atom. The number of nitrogens with one attached hydrogen (secondary N) is 1. The number of aryl methyl sites for hydroxylation is 1. The van der Waals surface area contributed by atoms with Crippen molar-refractivity contribution in [1.29, 1.82) is 0 Å². The van der Waals surface area contributed by atoms with Crippen molar-refractivity contribution in [1.82, 2.24) is 29.7 Å². The molecule has 1 amide bonds. The van der Waals surface area contributed by atoms with E-state index in [1.165, 1.54) is 0 Å². The van der Waals surface area contributed by atoms with E-state index in [9.17, 15) is 4.79 Å². The van der Waals surface area contributed by atoms with Gasteiger partial charge in [-0.3, -0.25) is 9.78 Å². The zero-order chi connectivity index (χ0) is 18.6. The van der Waals surface area contributed by atoms with Crippen molar-refractivity contribution in [3.63, 3.8) is 0 Å². The Balaban J connectivity index is 1.35. The number of nitrogens with zero attached hydrogens (tertiary/aromatic N) is 7. The number of rotatable bonds is 4. The fourth-order valence-corrected chi connectivity index (χ4v) is 3.48. The number of aromatic nitrogens is 5. The second-order valence-corrected chi connectivity index (χ2v) is 6.86. The number of hydrogen-bond donors (Lipinski definition) is 1. The molecule has 4 rings (SSSR count). The minimum Gasteiger partial charge on any atom is -0.352 e. The van der Waals surface area contributed by atoms with E-state index in [0.29, 0.717) is 42.6 Å². The van der Waals surface area contributed by atoms with E-state index in [1.54, 1.807) is 12.4 Å². The number of hydrogen-bond acceptors (Lipinski definition) is 9. The van der Waals surface area contributed by atoms with E-state index in [1.807, 2.05) is 36.1 Å². The first kappa shape index (κ1) is 17.3. The van der Waals surface area contributed by atoms with Crippen LogP contribution in [0.4, 0.5) is 17.3 Å². The third-order valence-electron chi connectivity index (χ3n) is 4.34. The van der Waals surface area contributed by atoms with Crippen molar-refractivity contribution < 1.29 is 4.79 Å². The van der Waals surface area contributed by atoms with Gasteiger partial charge in [-0.2, -0.15) is 0 Å². The molecule has 138 valence electrons. The summed E-state index contributed by atoms with van der Waals surface area (Å²) in [7, 11) is 0. The van der Waals surface area contributed by atoms with E-state index in [4.69, 9.17) is 0 Å². The molecule has 4 heterocycles. The largest absolute Gasteiger partial charge is 0.352 e. The molecular weight excluding hydrogens is 364 g/mol. The van der Waals surface area contributed by atoms with Gasteiger partial charge in [-0.05, 0) is 42.7 Å². The van der Waals surface area contributed by atoms with Gasteiger partial charge in [-0.1, -0.05) is 4.49 Å². The fraction of sp³-hybridized carbons (Fsp3) is 0.294. The van der Waals surface area contributed by atoms with Gasteiger partial charge in [0.2, 0.25) is 0 Å². The van der Waals surface area contributed by atoms with Crippen LogP contribution >= 0.6 is 11.5 Å². The Bertz CT molecular complexity index is 906. The Morgan fingerprint density at radius 1 is 1.04 bits per heavy atom. The number of pyridine rings is 1. The summed E-state index contributed by atoms with van der Waals surface area (Å²) in [5.41, 5.74) is 1.60. The molecule has 1 fully saturated rings. The molecule has 0 unspecified atom stereocenters. The summed E-state index contributed by atoms with van der Waals surface area (Å²) >= 11 is 1.15. The molecule has 3 aromatic heterocycles. The van der Waals surface area contributed by atoms with Gasteiger partial charge in [0, 0.05) is 44.3 Å². The van der Waals surface area contributed by atoms with Gasteiger partial charge in [0.05, 0.1) is 5.69 Å². The summed E-state index contributed by atoms with van der Waals surface area (Å²) in [6.45, 7) is 4.50. The van der Waals surface area contributed by atoms with Crippen molar-refractivity contribution in [2.24, 2.45) is 0 Å². The van der Waals surface area contributed by atoms with Gasteiger partial charge >= 0.3 is 0 Å². The van der Waals surface area contributed by atoms with Gasteiger partial charge in [0.25, 0.3) is 5.91 Å². The first-order valence-electron chi connectivity index (χ1n) is 8.54. The molecule has 0 radical (unpaired) electrons. The van der Waals surface area contributed by atoms with Crippen molar-refractivity contribution in [2.75, 3.05) is 36.4 Å². The van der Waals surface area contributed by atoms with Crippen LogP contribution in [0.2, 0.25) is 0 Å². The summed E-state index contributed by atoms with van der Waals surface area (Å²) in [4.78, 5) is 21.1. The lowest BCUT2D eigenvalue weighted by atomic mass is 10.2. The summed E-state index contributed by atoms with van der Waals surface area (Å²) in [6, 6.07) is 7.57. The van der Waals surface area contributed by atoms with Crippen LogP contribution in [0.25, 0.3) is 0 Å². The van der Waals surface area contributed by atoms with Crippen LogP contribution in [0, 0.1) is 6.92 Å². The second-order valence-electron chi connectivity index (χ2n) is 6.10. The molecule has 10 heteroatoms. The van der Waals surface area contributed by atoms with E-state index in [0.717, 1.165) is 23.0 Å². The monoisotopic (exact) mass is 382 g/mol. The van der Waals surface area contributed by atoms with E-state index >= 15 is 0 Å². The van der Waals surface area contributed by atoms with Crippen molar-refractivity contribution >= 4 is 34.8 Å². The van der Waals surface area contributed by atoms with Gasteiger partial charge < -0.3 is 15.1 Å². The minimum absolute atomic E-state index is 0.00475.